The molecule has 2 amide bonds. The van der Waals surface area contributed by atoms with E-state index in [9.17, 15) is 18.0 Å². The van der Waals surface area contributed by atoms with Gasteiger partial charge in [0.05, 0.1) is 17.4 Å². The Hall–Kier alpha value is -4.30. The van der Waals surface area contributed by atoms with Crippen LogP contribution in [0.1, 0.15) is 53.1 Å². The van der Waals surface area contributed by atoms with Crippen molar-refractivity contribution in [2.45, 2.75) is 43.4 Å². The van der Waals surface area contributed by atoms with Gasteiger partial charge in [0.25, 0.3) is 15.9 Å². The minimum absolute atomic E-state index is 0.0520. The summed E-state index contributed by atoms with van der Waals surface area (Å²) in [4.78, 5) is 32.8. The number of amides is 2. The molecule has 0 saturated carbocycles. The van der Waals surface area contributed by atoms with Crippen molar-refractivity contribution in [1.82, 2.24) is 9.62 Å². The molecule has 1 unspecified atom stereocenters. The average Bonchev–Trinajstić information content (AvgIpc) is 3.45. The molecule has 4 aromatic rings. The highest BCUT2D eigenvalue weighted by atomic mass is 32.2. The third kappa shape index (κ3) is 6.72. The van der Waals surface area contributed by atoms with Crippen LogP contribution in [0.25, 0.3) is 10.8 Å². The molecule has 1 heterocycles. The van der Waals surface area contributed by atoms with Crippen LogP contribution in [0.15, 0.2) is 107 Å². The number of carbonyl (C=O) groups is 2. The molecule has 7 nitrogen and oxygen atoms in total. The number of hydrogen-bond acceptors (Lipinski definition) is 5. The fourth-order valence-corrected chi connectivity index (χ4v) is 6.17. The molecule has 41 heavy (non-hydrogen) atoms. The Balaban J connectivity index is 1.29. The van der Waals surface area contributed by atoms with E-state index in [1.165, 1.54) is 12.1 Å². The number of rotatable bonds is 10. The third-order valence-corrected chi connectivity index (χ3v) is 8.76. The van der Waals surface area contributed by atoms with Crippen LogP contribution >= 0.6 is 0 Å². The first-order chi connectivity index (χ1) is 19.8. The van der Waals surface area contributed by atoms with Crippen molar-refractivity contribution >= 4 is 38.4 Å². The Morgan fingerprint density at radius 3 is 2.34 bits per heavy atom. The van der Waals surface area contributed by atoms with Gasteiger partial charge in [-0.2, -0.15) is 0 Å². The number of amidine groups is 1. The van der Waals surface area contributed by atoms with Crippen LogP contribution in [0.5, 0.6) is 0 Å². The lowest BCUT2D eigenvalue weighted by atomic mass is 9.91. The second-order valence-corrected chi connectivity index (χ2v) is 12.0. The van der Waals surface area contributed by atoms with Gasteiger partial charge in [-0.05, 0) is 60.4 Å². The minimum atomic E-state index is -4.02. The van der Waals surface area contributed by atoms with E-state index < -0.39 is 21.8 Å². The molecule has 0 spiro atoms. The number of carbonyl (C=O) groups excluding carboxylic acids is 2. The zero-order chi connectivity index (χ0) is 28.8. The summed E-state index contributed by atoms with van der Waals surface area (Å²) in [5, 5.41) is 2.03. The van der Waals surface area contributed by atoms with E-state index in [4.69, 9.17) is 0 Å². The number of unbranched alkanes of at least 4 members (excludes halogenated alkanes) is 1. The molecule has 0 radical (unpaired) electrons. The first kappa shape index (κ1) is 28.2. The molecule has 4 aromatic carbocycles. The van der Waals surface area contributed by atoms with Gasteiger partial charge in [0, 0.05) is 18.5 Å². The van der Waals surface area contributed by atoms with Gasteiger partial charge in [0.15, 0.2) is 0 Å². The van der Waals surface area contributed by atoms with E-state index in [0.717, 1.165) is 27.7 Å². The van der Waals surface area contributed by atoms with Crippen LogP contribution < -0.4 is 4.72 Å². The predicted molar refractivity (Wildman–Crippen MR) is 161 cm³/mol. The van der Waals surface area contributed by atoms with E-state index >= 15 is 0 Å². The highest BCUT2D eigenvalue weighted by Crippen LogP contribution is 2.28. The van der Waals surface area contributed by atoms with Crippen molar-refractivity contribution in [2.24, 2.45) is 4.99 Å². The largest absolute Gasteiger partial charge is 0.295 e. The second-order valence-electron chi connectivity index (χ2n) is 10.3. The van der Waals surface area contributed by atoms with Crippen molar-refractivity contribution in [2.75, 3.05) is 13.1 Å². The Bertz CT molecular complexity index is 1680. The summed E-state index contributed by atoms with van der Waals surface area (Å²) >= 11 is 0. The van der Waals surface area contributed by atoms with Crippen LogP contribution in [-0.2, 0) is 14.8 Å². The van der Waals surface area contributed by atoms with Crippen LogP contribution in [0.4, 0.5) is 0 Å². The highest BCUT2D eigenvalue weighted by Gasteiger charge is 2.27. The van der Waals surface area contributed by atoms with Crippen LogP contribution in [0.2, 0.25) is 0 Å². The molecular formula is C33H33N3O4S. The molecule has 1 aliphatic heterocycles. The van der Waals surface area contributed by atoms with Gasteiger partial charge >= 0.3 is 0 Å². The van der Waals surface area contributed by atoms with Gasteiger partial charge in [0.2, 0.25) is 5.91 Å². The van der Waals surface area contributed by atoms with Gasteiger partial charge in [-0.3, -0.25) is 19.5 Å². The van der Waals surface area contributed by atoms with Gasteiger partial charge in [-0.1, -0.05) is 84.8 Å². The molecule has 0 aliphatic carbocycles. The lowest BCUT2D eigenvalue weighted by Gasteiger charge is -2.20. The topological polar surface area (TPSA) is 95.9 Å². The summed E-state index contributed by atoms with van der Waals surface area (Å²) in [5.41, 5.74) is 2.32. The standard InChI is InChI=1S/C33H33N3O4S/c1-24-15-19-29(20-16-24)41(39,40)35-32(37)30(28-18-17-25-9-5-6-12-27(25)23-28)13-7-8-14-31-34-21-22-36(31)33(38)26-10-3-2-4-11-26/h2-6,9-12,15-20,23,30H,7-8,13-14,21-22H2,1H3,(H,35,37). The predicted octanol–water partition coefficient (Wildman–Crippen LogP) is 5.85. The smallest absolute Gasteiger partial charge is 0.264 e. The van der Waals surface area contributed by atoms with Crippen molar-refractivity contribution in [1.29, 1.82) is 0 Å². The van der Waals surface area contributed by atoms with Crippen molar-refractivity contribution in [3.8, 4) is 0 Å². The van der Waals surface area contributed by atoms with Crippen LogP contribution in [0.3, 0.4) is 0 Å². The Morgan fingerprint density at radius 2 is 1.59 bits per heavy atom. The zero-order valence-electron chi connectivity index (χ0n) is 23.0. The summed E-state index contributed by atoms with van der Waals surface area (Å²) in [6.45, 7) is 3.01. The lowest BCUT2D eigenvalue weighted by molar-refractivity contribution is -0.121. The average molecular weight is 568 g/mol. The summed E-state index contributed by atoms with van der Waals surface area (Å²) in [6.07, 6.45) is 2.42. The van der Waals surface area contributed by atoms with Crippen LogP contribution in [-0.4, -0.2) is 44.1 Å². The van der Waals surface area contributed by atoms with Crippen molar-refractivity contribution in [3.63, 3.8) is 0 Å². The van der Waals surface area contributed by atoms with Gasteiger partial charge in [-0.25, -0.2) is 13.1 Å². The Morgan fingerprint density at radius 1 is 0.878 bits per heavy atom. The molecule has 210 valence electrons. The SMILES string of the molecule is Cc1ccc(S(=O)(=O)NC(=O)C(CCCCC2=NCCN2C(=O)c2ccccc2)c2ccc3ccccc3c2)cc1. The fraction of sp³-hybridized carbons (Fsp3) is 0.242. The first-order valence-corrected chi connectivity index (χ1v) is 15.3. The fourth-order valence-electron chi connectivity index (χ4n) is 5.15. The van der Waals surface area contributed by atoms with Gasteiger partial charge < -0.3 is 0 Å². The second kappa shape index (κ2) is 12.5. The van der Waals surface area contributed by atoms with Crippen LogP contribution in [0, 0.1) is 6.92 Å². The maximum Gasteiger partial charge on any atom is 0.264 e. The number of sulfonamides is 1. The summed E-state index contributed by atoms with van der Waals surface area (Å²) in [7, 11) is -4.02. The van der Waals surface area contributed by atoms with Gasteiger partial charge in [0.1, 0.15) is 5.84 Å². The van der Waals surface area contributed by atoms with Crippen molar-refractivity contribution < 1.29 is 18.0 Å². The first-order valence-electron chi connectivity index (χ1n) is 13.8. The number of nitrogens with one attached hydrogen (secondary N) is 1. The normalized spacial score (nSPS) is 14.1. The number of aliphatic imine (C=N–C) groups is 1. The molecule has 1 aliphatic rings. The van der Waals surface area contributed by atoms with E-state index in [1.807, 2.05) is 67.6 Å². The van der Waals surface area contributed by atoms with E-state index in [0.29, 0.717) is 44.3 Å². The quantitative estimate of drug-likeness (QED) is 0.243. The van der Waals surface area contributed by atoms with Crippen molar-refractivity contribution in [3.05, 3.63) is 114 Å². The summed E-state index contributed by atoms with van der Waals surface area (Å²) in [6, 6.07) is 29.3. The number of hydrogen-bond donors (Lipinski definition) is 1. The van der Waals surface area contributed by atoms with E-state index in [1.54, 1.807) is 29.2 Å². The molecule has 0 bridgehead atoms. The summed E-state index contributed by atoms with van der Waals surface area (Å²) in [5.74, 6) is -0.517. The third-order valence-electron chi connectivity index (χ3n) is 7.40. The van der Waals surface area contributed by atoms with Gasteiger partial charge in [-0.15, -0.1) is 0 Å². The number of fused-ring (bicyclic) bond motifs is 1. The molecule has 8 heteroatoms. The number of benzene rings is 4. The van der Waals surface area contributed by atoms with E-state index in [2.05, 4.69) is 9.71 Å². The Labute approximate surface area is 241 Å². The molecule has 5 rings (SSSR count). The molecule has 0 fully saturated rings. The maximum absolute atomic E-state index is 13.5. The Kier molecular flexibility index (Phi) is 8.59. The molecule has 1 atom stereocenters. The number of nitrogens with zero attached hydrogens (tertiary/aromatic N) is 2. The maximum atomic E-state index is 13.5. The minimum Gasteiger partial charge on any atom is -0.295 e. The lowest BCUT2D eigenvalue weighted by Crippen LogP contribution is -2.35. The summed E-state index contributed by atoms with van der Waals surface area (Å²) < 4.78 is 28.4. The molecule has 0 saturated heterocycles. The molecule has 0 aromatic heterocycles. The molecular weight excluding hydrogens is 534 g/mol. The molecule has 1 N–H and O–H groups in total. The zero-order valence-corrected chi connectivity index (χ0v) is 23.8. The number of aryl methyl sites for hydroxylation is 1. The van der Waals surface area contributed by atoms with E-state index in [-0.39, 0.29) is 10.8 Å². The highest BCUT2D eigenvalue weighted by molar-refractivity contribution is 7.90. The monoisotopic (exact) mass is 567 g/mol.